The standard InChI is InChI=1S/C22H26ClNO3S/c1-22(2,3)18-7-4-16(5-8-18)17-6-9-20(19(23)13-17)24-21(25)12-15-10-11-28(26,27)14-15/h4-9,13,15H,10-12,14H2,1-3H3,(H,24,25)/t15-/m0/s1. The zero-order valence-corrected chi connectivity index (χ0v) is 18.0. The number of carbonyl (C=O) groups is 1. The molecule has 1 saturated heterocycles. The second-order valence-corrected chi connectivity index (χ2v) is 11.2. The first-order valence-corrected chi connectivity index (χ1v) is 11.6. The molecule has 1 fully saturated rings. The Morgan fingerprint density at radius 1 is 1.11 bits per heavy atom. The van der Waals surface area contributed by atoms with Crippen molar-refractivity contribution in [3.63, 3.8) is 0 Å². The van der Waals surface area contributed by atoms with Crippen LogP contribution in [0.2, 0.25) is 5.02 Å². The molecule has 150 valence electrons. The Hall–Kier alpha value is -1.85. The van der Waals surface area contributed by atoms with Crippen molar-refractivity contribution in [2.45, 2.75) is 39.0 Å². The molecule has 1 amide bonds. The highest BCUT2D eigenvalue weighted by molar-refractivity contribution is 7.91. The van der Waals surface area contributed by atoms with Gasteiger partial charge in [-0.1, -0.05) is 62.7 Å². The van der Waals surface area contributed by atoms with E-state index in [2.05, 4.69) is 50.4 Å². The van der Waals surface area contributed by atoms with Crippen LogP contribution in [0.3, 0.4) is 0 Å². The maximum absolute atomic E-state index is 12.3. The summed E-state index contributed by atoms with van der Waals surface area (Å²) >= 11 is 6.38. The maximum Gasteiger partial charge on any atom is 0.224 e. The molecule has 0 aliphatic carbocycles. The highest BCUT2D eigenvalue weighted by Crippen LogP contribution is 2.31. The van der Waals surface area contributed by atoms with E-state index in [-0.39, 0.29) is 35.2 Å². The Kier molecular flexibility index (Phi) is 5.87. The quantitative estimate of drug-likeness (QED) is 0.752. The van der Waals surface area contributed by atoms with Crippen LogP contribution >= 0.6 is 11.6 Å². The minimum atomic E-state index is -2.98. The van der Waals surface area contributed by atoms with Crippen molar-refractivity contribution in [2.75, 3.05) is 16.8 Å². The normalized spacial score (nSPS) is 18.8. The van der Waals surface area contributed by atoms with Crippen LogP contribution in [0.5, 0.6) is 0 Å². The molecule has 0 unspecified atom stereocenters. The molecule has 28 heavy (non-hydrogen) atoms. The maximum atomic E-state index is 12.3. The van der Waals surface area contributed by atoms with Gasteiger partial charge in [0.05, 0.1) is 22.2 Å². The molecule has 0 saturated carbocycles. The first kappa shape index (κ1) is 20.9. The summed E-state index contributed by atoms with van der Waals surface area (Å²) in [5.41, 5.74) is 3.94. The predicted molar refractivity (Wildman–Crippen MR) is 116 cm³/mol. The SMILES string of the molecule is CC(C)(C)c1ccc(-c2ccc(NC(=O)C[C@@H]3CCS(=O)(=O)C3)c(Cl)c2)cc1. The van der Waals surface area contributed by atoms with Crippen LogP contribution in [0.1, 0.15) is 39.2 Å². The van der Waals surface area contributed by atoms with E-state index in [1.807, 2.05) is 12.1 Å². The van der Waals surface area contributed by atoms with Crippen molar-refractivity contribution in [2.24, 2.45) is 5.92 Å². The zero-order valence-electron chi connectivity index (χ0n) is 16.5. The van der Waals surface area contributed by atoms with Crippen LogP contribution in [0.4, 0.5) is 5.69 Å². The number of carbonyl (C=O) groups excluding carboxylic acids is 1. The smallest absolute Gasteiger partial charge is 0.224 e. The molecule has 1 heterocycles. The Bertz CT molecular complexity index is 976. The summed E-state index contributed by atoms with van der Waals surface area (Å²) in [6.45, 7) is 6.53. The van der Waals surface area contributed by atoms with E-state index in [4.69, 9.17) is 11.6 Å². The van der Waals surface area contributed by atoms with Crippen molar-refractivity contribution in [3.05, 3.63) is 53.1 Å². The van der Waals surface area contributed by atoms with Crippen LogP contribution in [-0.2, 0) is 20.0 Å². The Labute approximate surface area is 172 Å². The van der Waals surface area contributed by atoms with E-state index in [0.29, 0.717) is 17.1 Å². The minimum absolute atomic E-state index is 0.0949. The van der Waals surface area contributed by atoms with Gasteiger partial charge in [0.1, 0.15) is 0 Å². The summed E-state index contributed by atoms with van der Waals surface area (Å²) in [5.74, 6) is -0.0397. The average molecular weight is 420 g/mol. The van der Waals surface area contributed by atoms with Gasteiger partial charge in [-0.2, -0.15) is 0 Å². The molecule has 0 radical (unpaired) electrons. The summed E-state index contributed by atoms with van der Waals surface area (Å²) in [7, 11) is -2.98. The van der Waals surface area contributed by atoms with Crippen LogP contribution in [-0.4, -0.2) is 25.8 Å². The molecule has 1 atom stereocenters. The first-order valence-electron chi connectivity index (χ1n) is 9.44. The lowest BCUT2D eigenvalue weighted by Gasteiger charge is -2.19. The number of nitrogens with one attached hydrogen (secondary N) is 1. The summed E-state index contributed by atoms with van der Waals surface area (Å²) in [4.78, 5) is 12.3. The highest BCUT2D eigenvalue weighted by Gasteiger charge is 2.29. The predicted octanol–water partition coefficient (Wildman–Crippen LogP) is 5.07. The van der Waals surface area contributed by atoms with Crippen molar-refractivity contribution >= 4 is 33.0 Å². The fourth-order valence-corrected chi connectivity index (χ4v) is 5.54. The van der Waals surface area contributed by atoms with E-state index in [9.17, 15) is 13.2 Å². The summed E-state index contributed by atoms with van der Waals surface area (Å²) in [5, 5.41) is 3.27. The van der Waals surface area contributed by atoms with Gasteiger partial charge in [-0.05, 0) is 46.6 Å². The van der Waals surface area contributed by atoms with Crippen molar-refractivity contribution in [1.29, 1.82) is 0 Å². The van der Waals surface area contributed by atoms with E-state index >= 15 is 0 Å². The number of halogens is 1. The first-order chi connectivity index (χ1) is 13.0. The molecule has 4 nitrogen and oxygen atoms in total. The minimum Gasteiger partial charge on any atom is -0.325 e. The monoisotopic (exact) mass is 419 g/mol. The van der Waals surface area contributed by atoms with Crippen LogP contribution in [0.25, 0.3) is 11.1 Å². The van der Waals surface area contributed by atoms with Crippen molar-refractivity contribution in [1.82, 2.24) is 0 Å². The third-order valence-electron chi connectivity index (χ3n) is 5.13. The molecule has 0 bridgehead atoms. The summed E-state index contributed by atoms with van der Waals surface area (Å²) in [6, 6.07) is 13.9. The Balaban J connectivity index is 1.68. The molecule has 2 aromatic carbocycles. The summed E-state index contributed by atoms with van der Waals surface area (Å²) < 4.78 is 23.1. The van der Waals surface area contributed by atoms with E-state index in [1.165, 1.54) is 5.56 Å². The number of anilines is 1. The third-order valence-corrected chi connectivity index (χ3v) is 7.28. The second-order valence-electron chi connectivity index (χ2n) is 8.54. The molecule has 6 heteroatoms. The van der Waals surface area contributed by atoms with Gasteiger partial charge in [0.2, 0.25) is 5.91 Å². The van der Waals surface area contributed by atoms with Crippen LogP contribution in [0, 0.1) is 5.92 Å². The molecule has 1 aliphatic rings. The van der Waals surface area contributed by atoms with Gasteiger partial charge in [0.15, 0.2) is 9.84 Å². The van der Waals surface area contributed by atoms with Gasteiger partial charge < -0.3 is 5.32 Å². The number of amides is 1. The average Bonchev–Trinajstić information content (AvgIpc) is 2.94. The van der Waals surface area contributed by atoms with Gasteiger partial charge in [-0.15, -0.1) is 0 Å². The van der Waals surface area contributed by atoms with Gasteiger partial charge in [-0.25, -0.2) is 8.42 Å². The molecular formula is C22H26ClNO3S. The van der Waals surface area contributed by atoms with Gasteiger partial charge in [0.25, 0.3) is 0 Å². The van der Waals surface area contributed by atoms with Gasteiger partial charge in [0, 0.05) is 6.42 Å². The Morgan fingerprint density at radius 2 is 1.75 bits per heavy atom. The molecule has 0 aromatic heterocycles. The van der Waals surface area contributed by atoms with Gasteiger partial charge in [-0.3, -0.25) is 4.79 Å². The molecular weight excluding hydrogens is 394 g/mol. The van der Waals surface area contributed by atoms with E-state index in [1.54, 1.807) is 6.07 Å². The van der Waals surface area contributed by atoms with Crippen molar-refractivity contribution < 1.29 is 13.2 Å². The largest absolute Gasteiger partial charge is 0.325 e. The zero-order chi connectivity index (χ0) is 20.5. The van der Waals surface area contributed by atoms with E-state index < -0.39 is 9.84 Å². The second kappa shape index (κ2) is 7.88. The third kappa shape index (κ3) is 5.15. The fourth-order valence-electron chi connectivity index (χ4n) is 3.46. The topological polar surface area (TPSA) is 63.2 Å². The Morgan fingerprint density at radius 3 is 2.29 bits per heavy atom. The number of benzene rings is 2. The van der Waals surface area contributed by atoms with E-state index in [0.717, 1.165) is 11.1 Å². The lowest BCUT2D eigenvalue weighted by molar-refractivity contribution is -0.116. The molecule has 3 rings (SSSR count). The number of rotatable bonds is 4. The highest BCUT2D eigenvalue weighted by atomic mass is 35.5. The van der Waals surface area contributed by atoms with Gasteiger partial charge >= 0.3 is 0 Å². The molecule has 1 N–H and O–H groups in total. The number of hydrogen-bond acceptors (Lipinski definition) is 3. The lowest BCUT2D eigenvalue weighted by atomic mass is 9.86. The van der Waals surface area contributed by atoms with Crippen LogP contribution < -0.4 is 5.32 Å². The summed E-state index contributed by atoms with van der Waals surface area (Å²) in [6.07, 6.45) is 0.749. The lowest BCUT2D eigenvalue weighted by Crippen LogP contribution is -2.17. The van der Waals surface area contributed by atoms with Crippen LogP contribution in [0.15, 0.2) is 42.5 Å². The number of hydrogen-bond donors (Lipinski definition) is 1. The molecule has 2 aromatic rings. The molecule has 1 aliphatic heterocycles. The fraction of sp³-hybridized carbons (Fsp3) is 0.409. The van der Waals surface area contributed by atoms with Crippen molar-refractivity contribution in [3.8, 4) is 11.1 Å². The molecule has 0 spiro atoms. The number of sulfone groups is 1.